The number of hydrogen-bond acceptors (Lipinski definition) is 4. The molecule has 0 aliphatic carbocycles. The van der Waals surface area contributed by atoms with Gasteiger partial charge in [-0.1, -0.05) is 44.2 Å². The van der Waals surface area contributed by atoms with Gasteiger partial charge >= 0.3 is 0 Å². The summed E-state index contributed by atoms with van der Waals surface area (Å²) >= 11 is 0. The van der Waals surface area contributed by atoms with Crippen molar-refractivity contribution < 1.29 is 13.2 Å². The van der Waals surface area contributed by atoms with Gasteiger partial charge in [0.1, 0.15) is 0 Å². The molecule has 0 unspecified atom stereocenters. The Labute approximate surface area is 163 Å². The van der Waals surface area contributed by atoms with Gasteiger partial charge in [-0.2, -0.15) is 4.31 Å². The minimum atomic E-state index is -3.45. The minimum Gasteiger partial charge on any atom is -0.355 e. The van der Waals surface area contributed by atoms with Gasteiger partial charge in [0, 0.05) is 37.5 Å². The molecule has 1 fully saturated rings. The molecular formula is C20H31N3O3S. The number of carbonyl (C=O) groups excluding carboxylic acids is 1. The van der Waals surface area contributed by atoms with Crippen LogP contribution < -0.4 is 5.32 Å². The number of benzene rings is 1. The van der Waals surface area contributed by atoms with Crippen LogP contribution in [0.15, 0.2) is 35.7 Å². The number of hydrogen-bond donors (Lipinski definition) is 1. The van der Waals surface area contributed by atoms with E-state index in [1.807, 2.05) is 30.3 Å². The molecule has 0 saturated carbocycles. The monoisotopic (exact) mass is 393 g/mol. The number of sulfonamides is 1. The van der Waals surface area contributed by atoms with E-state index in [2.05, 4.69) is 24.1 Å². The number of likely N-dealkylation sites (N-methyl/N-ethyl adjacent to an activating group) is 1. The lowest BCUT2D eigenvalue weighted by Crippen LogP contribution is -2.43. The second kappa shape index (κ2) is 10.6. The van der Waals surface area contributed by atoms with E-state index in [1.165, 1.54) is 9.71 Å². The molecule has 27 heavy (non-hydrogen) atoms. The molecular weight excluding hydrogens is 362 g/mol. The molecule has 0 spiro atoms. The molecule has 1 aromatic rings. The predicted octanol–water partition coefficient (Wildman–Crippen LogP) is 2.16. The summed E-state index contributed by atoms with van der Waals surface area (Å²) in [6.45, 7) is 8.40. The number of nitrogens with zero attached hydrogens (tertiary/aromatic N) is 2. The van der Waals surface area contributed by atoms with Crippen LogP contribution in [-0.2, 0) is 14.8 Å². The van der Waals surface area contributed by atoms with E-state index < -0.39 is 10.0 Å². The quantitative estimate of drug-likeness (QED) is 0.698. The maximum Gasteiger partial charge on any atom is 0.236 e. The van der Waals surface area contributed by atoms with Crippen molar-refractivity contribution in [3.05, 3.63) is 41.3 Å². The molecule has 1 saturated heterocycles. The van der Waals surface area contributed by atoms with Crippen LogP contribution in [0.2, 0.25) is 0 Å². The number of rotatable bonds is 9. The third-order valence-electron chi connectivity index (χ3n) is 5.04. The highest BCUT2D eigenvalue weighted by Gasteiger charge is 2.29. The maximum absolute atomic E-state index is 12.5. The average molecular weight is 394 g/mol. The molecule has 150 valence electrons. The Kier molecular flexibility index (Phi) is 8.47. The number of nitrogens with one attached hydrogen (secondary N) is 1. The maximum atomic E-state index is 12.5. The summed E-state index contributed by atoms with van der Waals surface area (Å²) in [5.74, 6) is -0.0645. The molecule has 1 heterocycles. The number of amides is 1. The van der Waals surface area contributed by atoms with Crippen LogP contribution in [-0.4, -0.2) is 62.8 Å². The summed E-state index contributed by atoms with van der Waals surface area (Å²) in [4.78, 5) is 14.6. The minimum absolute atomic E-state index is 0.0408. The largest absolute Gasteiger partial charge is 0.355 e. The fraction of sp³-hybridized carbons (Fsp3) is 0.550. The van der Waals surface area contributed by atoms with Crippen molar-refractivity contribution in [3.63, 3.8) is 0 Å². The lowest BCUT2D eigenvalue weighted by molar-refractivity contribution is -0.126. The van der Waals surface area contributed by atoms with Crippen LogP contribution in [0.1, 0.15) is 32.3 Å². The molecule has 0 atom stereocenters. The molecule has 1 aromatic carbocycles. The van der Waals surface area contributed by atoms with E-state index in [0.717, 1.165) is 25.2 Å². The first-order valence-electron chi connectivity index (χ1n) is 9.69. The molecule has 1 aliphatic heterocycles. The normalized spacial score (nSPS) is 16.9. The molecule has 0 aromatic heterocycles. The Morgan fingerprint density at radius 2 is 1.81 bits per heavy atom. The van der Waals surface area contributed by atoms with Crippen molar-refractivity contribution in [2.75, 3.05) is 39.3 Å². The van der Waals surface area contributed by atoms with E-state index in [9.17, 15) is 13.2 Å². The third kappa shape index (κ3) is 6.75. The molecule has 1 N–H and O–H groups in total. The van der Waals surface area contributed by atoms with Gasteiger partial charge in [0.25, 0.3) is 0 Å². The zero-order valence-electron chi connectivity index (χ0n) is 16.3. The third-order valence-corrected chi connectivity index (χ3v) is 6.60. The summed E-state index contributed by atoms with van der Waals surface area (Å²) in [5.41, 5.74) is 0.851. The topological polar surface area (TPSA) is 69.7 Å². The van der Waals surface area contributed by atoms with Crippen LogP contribution in [0.25, 0.3) is 6.08 Å². The van der Waals surface area contributed by atoms with Gasteiger partial charge in [0.2, 0.25) is 15.9 Å². The second-order valence-electron chi connectivity index (χ2n) is 6.75. The Morgan fingerprint density at radius 1 is 1.19 bits per heavy atom. The van der Waals surface area contributed by atoms with Gasteiger partial charge in [-0.15, -0.1) is 0 Å². The van der Waals surface area contributed by atoms with Gasteiger partial charge in [-0.3, -0.25) is 4.79 Å². The van der Waals surface area contributed by atoms with Crippen molar-refractivity contribution in [2.45, 2.75) is 26.7 Å². The SMILES string of the molecule is CCN(CC)CCNC(=O)C1CCN(S(=O)(=O)/C=C/c2ccccc2)CC1. The van der Waals surface area contributed by atoms with Crippen molar-refractivity contribution in [1.29, 1.82) is 0 Å². The average Bonchev–Trinajstić information content (AvgIpc) is 2.70. The Bertz CT molecular complexity index is 707. The molecule has 6 nitrogen and oxygen atoms in total. The summed E-state index contributed by atoms with van der Waals surface area (Å²) in [7, 11) is -3.45. The van der Waals surface area contributed by atoms with Crippen LogP contribution in [0.5, 0.6) is 0 Å². The van der Waals surface area contributed by atoms with Crippen LogP contribution in [0.4, 0.5) is 0 Å². The first-order chi connectivity index (χ1) is 13.0. The molecule has 1 aliphatic rings. The Morgan fingerprint density at radius 3 is 2.41 bits per heavy atom. The number of piperidine rings is 1. The Balaban J connectivity index is 1.80. The molecule has 0 bridgehead atoms. The summed E-state index contributed by atoms with van der Waals surface area (Å²) in [5, 5.41) is 4.25. The summed E-state index contributed by atoms with van der Waals surface area (Å²) < 4.78 is 26.4. The molecule has 2 rings (SSSR count). The van der Waals surface area contributed by atoms with Gasteiger partial charge in [0.05, 0.1) is 0 Å². The first kappa shape index (κ1) is 21.6. The first-order valence-corrected chi connectivity index (χ1v) is 11.2. The van der Waals surface area contributed by atoms with E-state index in [0.29, 0.717) is 32.5 Å². The molecule has 0 radical (unpaired) electrons. The van der Waals surface area contributed by atoms with E-state index in [-0.39, 0.29) is 11.8 Å². The van der Waals surface area contributed by atoms with Gasteiger partial charge in [-0.05, 0) is 37.6 Å². The van der Waals surface area contributed by atoms with Crippen molar-refractivity contribution in [3.8, 4) is 0 Å². The fourth-order valence-electron chi connectivity index (χ4n) is 3.21. The Hall–Kier alpha value is -1.70. The van der Waals surface area contributed by atoms with E-state index in [1.54, 1.807) is 6.08 Å². The molecule has 7 heteroatoms. The highest BCUT2D eigenvalue weighted by Crippen LogP contribution is 2.21. The van der Waals surface area contributed by atoms with Crippen LogP contribution >= 0.6 is 0 Å². The van der Waals surface area contributed by atoms with Gasteiger partial charge in [-0.25, -0.2) is 8.42 Å². The van der Waals surface area contributed by atoms with Gasteiger partial charge in [0.15, 0.2) is 0 Å². The lowest BCUT2D eigenvalue weighted by Gasteiger charge is -2.29. The van der Waals surface area contributed by atoms with E-state index >= 15 is 0 Å². The van der Waals surface area contributed by atoms with Crippen LogP contribution in [0, 0.1) is 5.92 Å². The fourth-order valence-corrected chi connectivity index (χ4v) is 4.43. The van der Waals surface area contributed by atoms with Crippen molar-refractivity contribution >= 4 is 22.0 Å². The zero-order valence-corrected chi connectivity index (χ0v) is 17.1. The van der Waals surface area contributed by atoms with Crippen LogP contribution in [0.3, 0.4) is 0 Å². The van der Waals surface area contributed by atoms with E-state index in [4.69, 9.17) is 0 Å². The van der Waals surface area contributed by atoms with Crippen molar-refractivity contribution in [2.24, 2.45) is 5.92 Å². The zero-order chi connectivity index (χ0) is 19.7. The van der Waals surface area contributed by atoms with Crippen molar-refractivity contribution in [1.82, 2.24) is 14.5 Å². The highest BCUT2D eigenvalue weighted by molar-refractivity contribution is 7.92. The highest BCUT2D eigenvalue weighted by atomic mass is 32.2. The standard InChI is InChI=1S/C20H31N3O3S/c1-3-22(4-2)16-13-21-20(24)19-10-14-23(15-11-19)27(25,26)17-12-18-8-6-5-7-9-18/h5-9,12,17,19H,3-4,10-11,13-16H2,1-2H3,(H,21,24)/b17-12+. The lowest BCUT2D eigenvalue weighted by atomic mass is 9.97. The predicted molar refractivity (Wildman–Crippen MR) is 109 cm³/mol. The van der Waals surface area contributed by atoms with Gasteiger partial charge < -0.3 is 10.2 Å². The number of carbonyl (C=O) groups is 1. The molecule has 1 amide bonds. The summed E-state index contributed by atoms with van der Waals surface area (Å²) in [6, 6.07) is 9.36. The smallest absolute Gasteiger partial charge is 0.236 e. The summed E-state index contributed by atoms with van der Waals surface area (Å²) in [6.07, 6.45) is 2.74. The second-order valence-corrected chi connectivity index (χ2v) is 8.57.